The highest BCUT2D eigenvalue weighted by atomic mass is 79.9. The molecule has 0 atom stereocenters. The Bertz CT molecular complexity index is 397. The van der Waals surface area contributed by atoms with E-state index in [0.29, 0.717) is 0 Å². The predicted molar refractivity (Wildman–Crippen MR) is 76.5 cm³/mol. The quantitative estimate of drug-likeness (QED) is 0.854. The van der Waals surface area contributed by atoms with E-state index < -0.39 is 0 Å². The van der Waals surface area contributed by atoms with Crippen LogP contribution >= 0.6 is 15.9 Å². The van der Waals surface area contributed by atoms with Crippen LogP contribution in [0.2, 0.25) is 0 Å². The van der Waals surface area contributed by atoms with Gasteiger partial charge in [-0.2, -0.15) is 0 Å². The minimum atomic E-state index is 0.197. The molecule has 0 spiro atoms. The Labute approximate surface area is 117 Å². The fourth-order valence-corrected chi connectivity index (χ4v) is 2.49. The van der Waals surface area contributed by atoms with Crippen molar-refractivity contribution in [2.24, 2.45) is 0 Å². The zero-order valence-electron chi connectivity index (χ0n) is 10.7. The molecule has 0 unspecified atom stereocenters. The molecule has 18 heavy (non-hydrogen) atoms. The molecule has 1 amide bonds. The second-order valence-corrected chi connectivity index (χ2v) is 5.64. The van der Waals surface area contributed by atoms with E-state index in [1.54, 1.807) is 6.92 Å². The van der Waals surface area contributed by atoms with Crippen molar-refractivity contribution < 1.29 is 4.79 Å². The highest BCUT2D eigenvalue weighted by Crippen LogP contribution is 2.11. The molecule has 1 heterocycles. The number of hydrogen-bond donors (Lipinski definition) is 0. The van der Waals surface area contributed by atoms with Gasteiger partial charge in [0, 0.05) is 44.1 Å². The topological polar surface area (TPSA) is 23.6 Å². The lowest BCUT2D eigenvalue weighted by atomic mass is 10.1. The van der Waals surface area contributed by atoms with E-state index in [2.05, 4.69) is 45.1 Å². The van der Waals surface area contributed by atoms with Gasteiger partial charge in [0.15, 0.2) is 0 Å². The highest BCUT2D eigenvalue weighted by molar-refractivity contribution is 9.10. The largest absolute Gasteiger partial charge is 0.340 e. The standard InChI is InChI=1S/C14H19BrN2O/c1-12(18)17-10-8-16(9-11-17)7-6-13-2-4-14(15)5-3-13/h2-5H,6-11H2,1H3. The molecule has 98 valence electrons. The van der Waals surface area contributed by atoms with Crippen LogP contribution in [0.5, 0.6) is 0 Å². The zero-order valence-corrected chi connectivity index (χ0v) is 12.3. The van der Waals surface area contributed by atoms with Crippen LogP contribution in [0.1, 0.15) is 12.5 Å². The summed E-state index contributed by atoms with van der Waals surface area (Å²) in [5.74, 6) is 0.197. The number of halogens is 1. The number of amides is 1. The molecule has 1 fully saturated rings. The summed E-state index contributed by atoms with van der Waals surface area (Å²) < 4.78 is 1.13. The normalized spacial score (nSPS) is 16.9. The van der Waals surface area contributed by atoms with Crippen LogP contribution in [-0.4, -0.2) is 48.4 Å². The second-order valence-electron chi connectivity index (χ2n) is 4.72. The van der Waals surface area contributed by atoms with Gasteiger partial charge in [0.2, 0.25) is 5.91 Å². The first-order valence-electron chi connectivity index (χ1n) is 6.37. The average Bonchev–Trinajstić information content (AvgIpc) is 2.38. The van der Waals surface area contributed by atoms with Gasteiger partial charge in [-0.25, -0.2) is 0 Å². The van der Waals surface area contributed by atoms with Crippen molar-refractivity contribution in [3.63, 3.8) is 0 Å². The molecule has 1 saturated heterocycles. The predicted octanol–water partition coefficient (Wildman–Crippen LogP) is 2.16. The first kappa shape index (κ1) is 13.6. The number of nitrogens with zero attached hydrogens (tertiary/aromatic N) is 2. The van der Waals surface area contributed by atoms with Crippen LogP contribution in [0, 0.1) is 0 Å². The third kappa shape index (κ3) is 3.82. The summed E-state index contributed by atoms with van der Waals surface area (Å²) in [6, 6.07) is 8.50. The van der Waals surface area contributed by atoms with Gasteiger partial charge in [-0.1, -0.05) is 28.1 Å². The van der Waals surface area contributed by atoms with Crippen LogP contribution in [0.3, 0.4) is 0 Å². The van der Waals surface area contributed by atoms with Gasteiger partial charge in [0.05, 0.1) is 0 Å². The Morgan fingerprint density at radius 2 is 1.78 bits per heavy atom. The van der Waals surface area contributed by atoms with E-state index in [9.17, 15) is 4.79 Å². The summed E-state index contributed by atoms with van der Waals surface area (Å²) in [4.78, 5) is 15.6. The number of carbonyl (C=O) groups is 1. The van der Waals surface area contributed by atoms with Crippen molar-refractivity contribution in [3.05, 3.63) is 34.3 Å². The van der Waals surface area contributed by atoms with E-state index in [4.69, 9.17) is 0 Å². The molecular weight excluding hydrogens is 292 g/mol. The van der Waals surface area contributed by atoms with Gasteiger partial charge in [0.25, 0.3) is 0 Å². The second kappa shape index (κ2) is 6.34. The summed E-state index contributed by atoms with van der Waals surface area (Å²) in [6.07, 6.45) is 1.08. The molecule has 1 aromatic rings. The van der Waals surface area contributed by atoms with Crippen LogP contribution in [0.4, 0.5) is 0 Å². The van der Waals surface area contributed by atoms with E-state index in [1.165, 1.54) is 5.56 Å². The van der Waals surface area contributed by atoms with Gasteiger partial charge >= 0.3 is 0 Å². The average molecular weight is 311 g/mol. The Hall–Kier alpha value is -0.870. The SMILES string of the molecule is CC(=O)N1CCN(CCc2ccc(Br)cc2)CC1. The number of rotatable bonds is 3. The smallest absolute Gasteiger partial charge is 0.219 e. The first-order valence-corrected chi connectivity index (χ1v) is 7.17. The van der Waals surface area contributed by atoms with Crippen molar-refractivity contribution in [3.8, 4) is 0 Å². The molecule has 1 aliphatic rings. The number of carbonyl (C=O) groups excluding carboxylic acids is 1. The summed E-state index contributed by atoms with van der Waals surface area (Å²) in [5.41, 5.74) is 1.37. The van der Waals surface area contributed by atoms with Crippen LogP contribution in [0.25, 0.3) is 0 Å². The molecular formula is C14H19BrN2O. The molecule has 0 bridgehead atoms. The van der Waals surface area contributed by atoms with Gasteiger partial charge in [-0.3, -0.25) is 9.69 Å². The van der Waals surface area contributed by atoms with Gasteiger partial charge in [-0.05, 0) is 24.1 Å². The fourth-order valence-electron chi connectivity index (χ4n) is 2.22. The zero-order chi connectivity index (χ0) is 13.0. The van der Waals surface area contributed by atoms with Gasteiger partial charge in [-0.15, -0.1) is 0 Å². The summed E-state index contributed by atoms with van der Waals surface area (Å²) in [5, 5.41) is 0. The number of piperazine rings is 1. The molecule has 0 aromatic heterocycles. The molecule has 3 nitrogen and oxygen atoms in total. The van der Waals surface area contributed by atoms with E-state index in [0.717, 1.165) is 43.6 Å². The van der Waals surface area contributed by atoms with E-state index in [-0.39, 0.29) is 5.91 Å². The van der Waals surface area contributed by atoms with Crippen molar-refractivity contribution in [1.29, 1.82) is 0 Å². The van der Waals surface area contributed by atoms with Crippen molar-refractivity contribution in [2.75, 3.05) is 32.7 Å². The molecule has 1 aromatic carbocycles. The molecule has 1 aliphatic heterocycles. The molecule has 4 heteroatoms. The monoisotopic (exact) mass is 310 g/mol. The molecule has 0 saturated carbocycles. The van der Waals surface area contributed by atoms with E-state index >= 15 is 0 Å². The Morgan fingerprint density at radius 3 is 2.33 bits per heavy atom. The lowest BCUT2D eigenvalue weighted by Gasteiger charge is -2.34. The van der Waals surface area contributed by atoms with Gasteiger partial charge < -0.3 is 4.90 Å². The maximum Gasteiger partial charge on any atom is 0.219 e. The first-order chi connectivity index (χ1) is 8.65. The third-order valence-electron chi connectivity index (χ3n) is 3.45. The molecule has 0 N–H and O–H groups in total. The number of hydrogen-bond acceptors (Lipinski definition) is 2. The Kier molecular flexibility index (Phi) is 4.78. The van der Waals surface area contributed by atoms with Gasteiger partial charge in [0.1, 0.15) is 0 Å². The van der Waals surface area contributed by atoms with Crippen molar-refractivity contribution in [2.45, 2.75) is 13.3 Å². The Morgan fingerprint density at radius 1 is 1.17 bits per heavy atom. The third-order valence-corrected chi connectivity index (χ3v) is 3.98. The lowest BCUT2D eigenvalue weighted by molar-refractivity contribution is -0.130. The molecule has 2 rings (SSSR count). The highest BCUT2D eigenvalue weighted by Gasteiger charge is 2.17. The maximum absolute atomic E-state index is 11.2. The van der Waals surface area contributed by atoms with Crippen molar-refractivity contribution in [1.82, 2.24) is 9.80 Å². The van der Waals surface area contributed by atoms with Crippen LogP contribution in [-0.2, 0) is 11.2 Å². The van der Waals surface area contributed by atoms with Crippen LogP contribution < -0.4 is 0 Å². The number of benzene rings is 1. The summed E-state index contributed by atoms with van der Waals surface area (Å²) in [7, 11) is 0. The lowest BCUT2D eigenvalue weighted by Crippen LogP contribution is -2.48. The molecule has 0 aliphatic carbocycles. The van der Waals surface area contributed by atoms with Crippen molar-refractivity contribution >= 4 is 21.8 Å². The van der Waals surface area contributed by atoms with Crippen LogP contribution in [0.15, 0.2) is 28.7 Å². The minimum absolute atomic E-state index is 0.197. The minimum Gasteiger partial charge on any atom is -0.340 e. The maximum atomic E-state index is 11.2. The molecule has 0 radical (unpaired) electrons. The summed E-state index contributed by atoms with van der Waals surface area (Å²) >= 11 is 3.45. The van der Waals surface area contributed by atoms with E-state index in [1.807, 2.05) is 4.90 Å². The fraction of sp³-hybridized carbons (Fsp3) is 0.500. The summed E-state index contributed by atoms with van der Waals surface area (Å²) in [6.45, 7) is 6.46. The Balaban J connectivity index is 1.75.